The molecule has 3 aromatic carbocycles. The fourth-order valence-electron chi connectivity index (χ4n) is 5.12. The molecule has 2 unspecified atom stereocenters. The highest BCUT2D eigenvalue weighted by Crippen LogP contribution is 2.47. The maximum atomic E-state index is 13.8. The van der Waals surface area contributed by atoms with Crippen LogP contribution in [0.5, 0.6) is 23.0 Å². The van der Waals surface area contributed by atoms with E-state index in [1.54, 1.807) is 34.5 Å². The molecule has 0 saturated heterocycles. The van der Waals surface area contributed by atoms with E-state index in [0.29, 0.717) is 35.7 Å². The van der Waals surface area contributed by atoms with Crippen molar-refractivity contribution in [3.63, 3.8) is 0 Å². The molecular formula is C29H30N2O5. The Balaban J connectivity index is 1.63. The lowest BCUT2D eigenvalue weighted by Crippen LogP contribution is -2.27. The van der Waals surface area contributed by atoms with E-state index in [1.807, 2.05) is 54.6 Å². The molecule has 1 heterocycles. The van der Waals surface area contributed by atoms with E-state index in [1.165, 1.54) is 0 Å². The number of Topliss-reactive ketones (excluding diaryl/α,β-unsaturated/α-hetero) is 1. The van der Waals surface area contributed by atoms with Crippen LogP contribution in [-0.4, -0.2) is 34.2 Å². The van der Waals surface area contributed by atoms with E-state index in [9.17, 15) is 4.79 Å². The Kier molecular flexibility index (Phi) is 6.46. The van der Waals surface area contributed by atoms with Gasteiger partial charge in [0.25, 0.3) is 0 Å². The molecule has 5 rings (SSSR count). The number of hydrogen-bond acceptors (Lipinski definition) is 7. The number of ketones is 1. The second-order valence-corrected chi connectivity index (χ2v) is 8.89. The zero-order valence-electron chi connectivity index (χ0n) is 20.9. The molecule has 3 aromatic rings. The molecule has 0 amide bonds. The average Bonchev–Trinajstić information content (AvgIpc) is 3.09. The molecule has 2 N–H and O–H groups in total. The van der Waals surface area contributed by atoms with Crippen molar-refractivity contribution < 1.29 is 23.7 Å². The summed E-state index contributed by atoms with van der Waals surface area (Å²) >= 11 is 0. The first-order chi connectivity index (χ1) is 17.6. The van der Waals surface area contributed by atoms with Gasteiger partial charge in [0.05, 0.1) is 45.9 Å². The number of nitrogens with one attached hydrogen (secondary N) is 2. The molecule has 0 aromatic heterocycles. The molecule has 0 fully saturated rings. The van der Waals surface area contributed by atoms with Crippen LogP contribution in [0.1, 0.15) is 35.9 Å². The van der Waals surface area contributed by atoms with Crippen LogP contribution in [0.3, 0.4) is 0 Å². The van der Waals surface area contributed by atoms with Crippen molar-refractivity contribution in [3.8, 4) is 23.0 Å². The fraction of sp³-hybridized carbons (Fsp3) is 0.276. The summed E-state index contributed by atoms with van der Waals surface area (Å²) in [6.45, 7) is 0. The molecule has 2 aliphatic rings. The normalized spacial score (nSPS) is 18.7. The van der Waals surface area contributed by atoms with Gasteiger partial charge in [-0.2, -0.15) is 0 Å². The van der Waals surface area contributed by atoms with Gasteiger partial charge in [-0.3, -0.25) is 4.79 Å². The molecule has 7 nitrogen and oxygen atoms in total. The van der Waals surface area contributed by atoms with Gasteiger partial charge in [0.2, 0.25) is 0 Å². The zero-order valence-corrected chi connectivity index (χ0v) is 20.9. The third kappa shape index (κ3) is 4.21. The first-order valence-corrected chi connectivity index (χ1v) is 11.9. The number of carbonyl (C=O) groups is 1. The van der Waals surface area contributed by atoms with Gasteiger partial charge in [0.1, 0.15) is 11.5 Å². The lowest BCUT2D eigenvalue weighted by atomic mass is 9.78. The first-order valence-electron chi connectivity index (χ1n) is 11.9. The molecule has 2 atom stereocenters. The van der Waals surface area contributed by atoms with Crippen LogP contribution in [0.2, 0.25) is 0 Å². The molecular weight excluding hydrogens is 456 g/mol. The minimum atomic E-state index is -0.435. The average molecular weight is 487 g/mol. The minimum Gasteiger partial charge on any atom is -0.497 e. The smallest absolute Gasteiger partial charge is 0.164 e. The molecule has 0 radical (unpaired) electrons. The van der Waals surface area contributed by atoms with Gasteiger partial charge in [0, 0.05) is 29.3 Å². The zero-order chi connectivity index (χ0) is 25.2. The maximum absolute atomic E-state index is 13.8. The van der Waals surface area contributed by atoms with Crippen molar-refractivity contribution in [1.29, 1.82) is 0 Å². The predicted molar refractivity (Wildman–Crippen MR) is 140 cm³/mol. The predicted octanol–water partition coefficient (Wildman–Crippen LogP) is 5.70. The topological polar surface area (TPSA) is 78.1 Å². The number of ether oxygens (including phenoxy) is 4. The number of allylic oxidation sites excluding steroid dienone is 1. The van der Waals surface area contributed by atoms with Crippen LogP contribution in [-0.2, 0) is 4.79 Å². The summed E-state index contributed by atoms with van der Waals surface area (Å²) < 4.78 is 22.1. The lowest BCUT2D eigenvalue weighted by Gasteiger charge is -2.30. The van der Waals surface area contributed by atoms with Crippen LogP contribution in [0.4, 0.5) is 11.4 Å². The Bertz CT molecular complexity index is 1320. The minimum absolute atomic E-state index is 0.0628. The summed E-state index contributed by atoms with van der Waals surface area (Å²) in [5.74, 6) is 2.70. The summed E-state index contributed by atoms with van der Waals surface area (Å²) in [5.41, 5.74) is 5.37. The molecule has 0 saturated carbocycles. The Morgan fingerprint density at radius 1 is 0.750 bits per heavy atom. The number of carbonyl (C=O) groups excluding carboxylic acids is 1. The summed E-state index contributed by atoms with van der Waals surface area (Å²) in [6, 6.07) is 19.2. The van der Waals surface area contributed by atoms with Gasteiger partial charge in [-0.05, 0) is 48.2 Å². The highest BCUT2D eigenvalue weighted by atomic mass is 16.5. The largest absolute Gasteiger partial charge is 0.497 e. The highest BCUT2D eigenvalue weighted by Gasteiger charge is 2.37. The van der Waals surface area contributed by atoms with Crippen LogP contribution in [0.25, 0.3) is 0 Å². The van der Waals surface area contributed by atoms with E-state index in [4.69, 9.17) is 18.9 Å². The summed E-state index contributed by atoms with van der Waals surface area (Å²) in [4.78, 5) is 13.8. The molecule has 0 bridgehead atoms. The van der Waals surface area contributed by atoms with Gasteiger partial charge in [-0.15, -0.1) is 0 Å². The van der Waals surface area contributed by atoms with Crippen molar-refractivity contribution in [2.45, 2.75) is 24.8 Å². The number of rotatable bonds is 6. The Morgan fingerprint density at radius 2 is 1.42 bits per heavy atom. The first kappa shape index (κ1) is 23.6. The lowest BCUT2D eigenvalue weighted by molar-refractivity contribution is -0.116. The van der Waals surface area contributed by atoms with Gasteiger partial charge < -0.3 is 29.6 Å². The Hall–Kier alpha value is -4.13. The van der Waals surface area contributed by atoms with Crippen molar-refractivity contribution >= 4 is 17.2 Å². The number of hydrogen-bond donors (Lipinski definition) is 2. The standard InChI is InChI=1S/C29H30N2O5/c1-33-19-11-9-17(10-12-19)18-13-23-28(24(32)14-18)29(31-22-8-6-5-7-21(22)30-23)20-15-26(35-3)27(36-4)16-25(20)34-2/h5-12,15-16,18,29-31H,13-14H2,1-4H3. The van der Waals surface area contributed by atoms with E-state index in [2.05, 4.69) is 10.6 Å². The monoisotopic (exact) mass is 486 g/mol. The maximum Gasteiger partial charge on any atom is 0.164 e. The number of anilines is 2. The number of methoxy groups -OCH3 is 4. The van der Waals surface area contributed by atoms with Crippen molar-refractivity contribution in [3.05, 3.63) is 83.1 Å². The van der Waals surface area contributed by atoms with Crippen LogP contribution in [0.15, 0.2) is 71.9 Å². The number of para-hydroxylation sites is 2. The molecule has 186 valence electrons. The van der Waals surface area contributed by atoms with Gasteiger partial charge >= 0.3 is 0 Å². The summed E-state index contributed by atoms with van der Waals surface area (Å²) in [6.07, 6.45) is 1.12. The Labute approximate surface area is 211 Å². The molecule has 1 aliphatic carbocycles. The number of benzene rings is 3. The molecule has 0 spiro atoms. The summed E-state index contributed by atoms with van der Waals surface area (Å²) in [7, 11) is 6.46. The van der Waals surface area contributed by atoms with Crippen LogP contribution < -0.4 is 29.6 Å². The van der Waals surface area contributed by atoms with Crippen molar-refractivity contribution in [1.82, 2.24) is 0 Å². The molecule has 36 heavy (non-hydrogen) atoms. The van der Waals surface area contributed by atoms with E-state index in [0.717, 1.165) is 33.9 Å². The van der Waals surface area contributed by atoms with Gasteiger partial charge in [-0.25, -0.2) is 0 Å². The summed E-state index contributed by atoms with van der Waals surface area (Å²) in [5, 5.41) is 7.18. The number of fused-ring (bicyclic) bond motifs is 1. The third-order valence-electron chi connectivity index (χ3n) is 6.94. The van der Waals surface area contributed by atoms with Gasteiger partial charge in [0.15, 0.2) is 17.3 Å². The van der Waals surface area contributed by atoms with E-state index >= 15 is 0 Å². The Morgan fingerprint density at radius 3 is 2.08 bits per heavy atom. The van der Waals surface area contributed by atoms with Crippen molar-refractivity contribution in [2.75, 3.05) is 39.1 Å². The second-order valence-electron chi connectivity index (χ2n) is 8.89. The molecule has 7 heteroatoms. The highest BCUT2D eigenvalue weighted by molar-refractivity contribution is 6.01. The van der Waals surface area contributed by atoms with E-state index in [-0.39, 0.29) is 11.7 Å². The van der Waals surface area contributed by atoms with Crippen molar-refractivity contribution in [2.24, 2.45) is 0 Å². The van der Waals surface area contributed by atoms with Crippen LogP contribution >= 0.6 is 0 Å². The second kappa shape index (κ2) is 9.85. The fourth-order valence-corrected chi connectivity index (χ4v) is 5.12. The van der Waals surface area contributed by atoms with E-state index < -0.39 is 6.04 Å². The van der Waals surface area contributed by atoms with Crippen LogP contribution in [0, 0.1) is 0 Å². The SMILES string of the molecule is COc1ccc(C2CC(=O)C3=C(C2)Nc2ccccc2NC3c2cc(OC)c(OC)cc2OC)cc1. The third-order valence-corrected chi connectivity index (χ3v) is 6.94. The quantitative estimate of drug-likeness (QED) is 0.463. The van der Waals surface area contributed by atoms with Gasteiger partial charge in [-0.1, -0.05) is 24.3 Å². The molecule has 1 aliphatic heterocycles.